The number of nitrogens with one attached hydrogen (secondary N) is 1. The van der Waals surface area contributed by atoms with Crippen molar-refractivity contribution in [2.24, 2.45) is 5.92 Å². The van der Waals surface area contributed by atoms with Gasteiger partial charge in [-0.05, 0) is 25.0 Å². The first-order valence-corrected chi connectivity index (χ1v) is 6.52. The fourth-order valence-electron chi connectivity index (χ4n) is 2.43. The summed E-state index contributed by atoms with van der Waals surface area (Å²) in [6.07, 6.45) is 1.44. The first-order valence-electron chi connectivity index (χ1n) is 6.52. The van der Waals surface area contributed by atoms with E-state index in [1.54, 1.807) is 7.05 Å². The number of hydrogen-bond acceptors (Lipinski definition) is 3. The van der Waals surface area contributed by atoms with Gasteiger partial charge in [0.05, 0.1) is 11.5 Å². The molecule has 2 amide bonds. The molecule has 0 aromatic heterocycles. The lowest BCUT2D eigenvalue weighted by atomic mass is 9.96. The Morgan fingerprint density at radius 1 is 1.45 bits per heavy atom. The van der Waals surface area contributed by atoms with Crippen LogP contribution in [0.4, 0.5) is 4.39 Å². The molecule has 0 aliphatic carbocycles. The van der Waals surface area contributed by atoms with Gasteiger partial charge in [0.15, 0.2) is 0 Å². The van der Waals surface area contributed by atoms with Crippen LogP contribution >= 0.6 is 0 Å². The molecule has 1 fully saturated rings. The molecule has 0 radical (unpaired) electrons. The van der Waals surface area contributed by atoms with Gasteiger partial charge in [-0.25, -0.2) is 4.39 Å². The molecule has 108 valence electrons. The van der Waals surface area contributed by atoms with Gasteiger partial charge in [0, 0.05) is 26.2 Å². The van der Waals surface area contributed by atoms with E-state index in [-0.39, 0.29) is 23.1 Å². The minimum absolute atomic E-state index is 0.0830. The van der Waals surface area contributed by atoms with Gasteiger partial charge in [-0.1, -0.05) is 0 Å². The number of rotatable bonds is 2. The molecule has 0 spiro atoms. The fourth-order valence-corrected chi connectivity index (χ4v) is 2.43. The minimum atomic E-state index is -0.753. The van der Waals surface area contributed by atoms with E-state index in [9.17, 15) is 14.0 Å². The average molecular weight is 280 g/mol. The van der Waals surface area contributed by atoms with Gasteiger partial charge >= 0.3 is 0 Å². The van der Waals surface area contributed by atoms with Crippen molar-refractivity contribution in [1.82, 2.24) is 10.2 Å². The Balaban J connectivity index is 2.14. The highest BCUT2D eigenvalue weighted by Crippen LogP contribution is 2.21. The van der Waals surface area contributed by atoms with Crippen LogP contribution in [0.25, 0.3) is 0 Å². The van der Waals surface area contributed by atoms with Gasteiger partial charge in [0.2, 0.25) is 5.91 Å². The Hall–Kier alpha value is -2.11. The van der Waals surface area contributed by atoms with Crippen molar-refractivity contribution in [3.8, 4) is 5.75 Å². The number of hydrogen-bond donors (Lipinski definition) is 2. The van der Waals surface area contributed by atoms with E-state index in [1.165, 1.54) is 17.0 Å². The number of aromatic hydroxyl groups is 1. The number of phenolic OH excluding ortho intramolecular Hbond substituents is 1. The molecule has 1 aliphatic rings. The molecule has 1 atom stereocenters. The van der Waals surface area contributed by atoms with Gasteiger partial charge in [-0.2, -0.15) is 0 Å². The summed E-state index contributed by atoms with van der Waals surface area (Å²) in [5.74, 6) is -1.78. The Bertz CT molecular complexity index is 533. The zero-order valence-corrected chi connectivity index (χ0v) is 11.2. The van der Waals surface area contributed by atoms with Crippen LogP contribution in [0.15, 0.2) is 18.2 Å². The van der Waals surface area contributed by atoms with Crippen molar-refractivity contribution in [3.63, 3.8) is 0 Å². The summed E-state index contributed by atoms with van der Waals surface area (Å²) >= 11 is 0. The maximum absolute atomic E-state index is 13.7. The van der Waals surface area contributed by atoms with E-state index in [4.69, 9.17) is 5.11 Å². The fraction of sp³-hybridized carbons (Fsp3) is 0.429. The van der Waals surface area contributed by atoms with Gasteiger partial charge in [-0.15, -0.1) is 0 Å². The van der Waals surface area contributed by atoms with Crippen LogP contribution in [0.5, 0.6) is 5.75 Å². The van der Waals surface area contributed by atoms with Crippen molar-refractivity contribution in [1.29, 1.82) is 0 Å². The largest absolute Gasteiger partial charge is 0.508 e. The number of piperidine rings is 1. The van der Waals surface area contributed by atoms with Crippen molar-refractivity contribution in [3.05, 3.63) is 29.6 Å². The maximum Gasteiger partial charge on any atom is 0.256 e. The monoisotopic (exact) mass is 280 g/mol. The molecule has 2 N–H and O–H groups in total. The third kappa shape index (κ3) is 2.89. The highest BCUT2D eigenvalue weighted by molar-refractivity contribution is 5.95. The number of benzene rings is 1. The molecule has 1 aromatic rings. The lowest BCUT2D eigenvalue weighted by molar-refractivity contribution is -0.125. The topological polar surface area (TPSA) is 69.6 Å². The van der Waals surface area contributed by atoms with Crippen LogP contribution in [-0.4, -0.2) is 42.0 Å². The highest BCUT2D eigenvalue weighted by Gasteiger charge is 2.29. The van der Waals surface area contributed by atoms with Crippen LogP contribution in [0, 0.1) is 11.7 Å². The van der Waals surface area contributed by atoms with E-state index in [0.717, 1.165) is 12.5 Å². The first kappa shape index (κ1) is 14.3. The van der Waals surface area contributed by atoms with E-state index in [0.29, 0.717) is 19.5 Å². The number of amides is 2. The number of carbonyl (C=O) groups excluding carboxylic acids is 2. The summed E-state index contributed by atoms with van der Waals surface area (Å²) in [5, 5.41) is 11.7. The number of likely N-dealkylation sites (tertiary alicyclic amines) is 1. The summed E-state index contributed by atoms with van der Waals surface area (Å²) in [4.78, 5) is 25.4. The van der Waals surface area contributed by atoms with Crippen molar-refractivity contribution < 1.29 is 19.1 Å². The molecule has 2 rings (SSSR count). The van der Waals surface area contributed by atoms with Crippen molar-refractivity contribution >= 4 is 11.8 Å². The van der Waals surface area contributed by atoms with Crippen LogP contribution in [0.2, 0.25) is 0 Å². The number of halogens is 1. The van der Waals surface area contributed by atoms with Crippen molar-refractivity contribution in [2.45, 2.75) is 12.8 Å². The van der Waals surface area contributed by atoms with Crippen LogP contribution in [-0.2, 0) is 4.79 Å². The molecular formula is C14H17FN2O3. The predicted molar refractivity (Wildman–Crippen MR) is 70.8 cm³/mol. The first-order chi connectivity index (χ1) is 9.52. The van der Waals surface area contributed by atoms with Crippen LogP contribution < -0.4 is 5.32 Å². The number of nitrogens with zero attached hydrogens (tertiary/aromatic N) is 1. The molecule has 1 aromatic carbocycles. The zero-order chi connectivity index (χ0) is 14.7. The molecule has 1 aliphatic heterocycles. The summed E-state index contributed by atoms with van der Waals surface area (Å²) in [6.45, 7) is 0.797. The lowest BCUT2D eigenvalue weighted by Crippen LogP contribution is -2.45. The molecular weight excluding hydrogens is 263 g/mol. The summed E-state index contributed by atoms with van der Waals surface area (Å²) in [7, 11) is 1.56. The highest BCUT2D eigenvalue weighted by atomic mass is 19.1. The number of phenols is 1. The summed E-state index contributed by atoms with van der Waals surface area (Å²) < 4.78 is 13.7. The van der Waals surface area contributed by atoms with E-state index >= 15 is 0 Å². The zero-order valence-electron chi connectivity index (χ0n) is 11.2. The molecule has 5 nitrogen and oxygen atoms in total. The van der Waals surface area contributed by atoms with Crippen molar-refractivity contribution in [2.75, 3.05) is 20.1 Å². The van der Waals surface area contributed by atoms with E-state index in [2.05, 4.69) is 5.32 Å². The van der Waals surface area contributed by atoms with Gasteiger partial charge < -0.3 is 15.3 Å². The quantitative estimate of drug-likeness (QED) is 0.853. The molecule has 0 bridgehead atoms. The molecule has 0 saturated carbocycles. The Labute approximate surface area is 116 Å². The molecule has 6 heteroatoms. The third-order valence-electron chi connectivity index (χ3n) is 3.51. The molecule has 1 saturated heterocycles. The second-order valence-corrected chi connectivity index (χ2v) is 4.87. The smallest absolute Gasteiger partial charge is 0.256 e. The van der Waals surface area contributed by atoms with Crippen LogP contribution in [0.3, 0.4) is 0 Å². The molecule has 20 heavy (non-hydrogen) atoms. The third-order valence-corrected chi connectivity index (χ3v) is 3.51. The Morgan fingerprint density at radius 3 is 2.85 bits per heavy atom. The lowest BCUT2D eigenvalue weighted by Gasteiger charge is -2.32. The minimum Gasteiger partial charge on any atom is -0.508 e. The second kappa shape index (κ2) is 5.90. The van der Waals surface area contributed by atoms with Gasteiger partial charge in [0.25, 0.3) is 5.91 Å². The van der Waals surface area contributed by atoms with Gasteiger partial charge in [-0.3, -0.25) is 9.59 Å². The van der Waals surface area contributed by atoms with Gasteiger partial charge in [0.1, 0.15) is 11.6 Å². The Kier molecular flexibility index (Phi) is 4.22. The average Bonchev–Trinajstić information content (AvgIpc) is 2.46. The predicted octanol–water partition coefficient (Wildman–Crippen LogP) is 1.13. The normalized spacial score (nSPS) is 18.7. The van der Waals surface area contributed by atoms with E-state index in [1.807, 2.05) is 0 Å². The standard InChI is InChI=1S/C14H17FN2O3/c1-16-13(19)9-3-2-6-17(8-9)14(20)11-5-4-10(18)7-12(11)15/h4-5,7,9,18H,2-3,6,8H2,1H3,(H,16,19)/t9-/m0/s1. The summed E-state index contributed by atoms with van der Waals surface area (Å²) in [6, 6.07) is 3.44. The Morgan fingerprint density at radius 2 is 2.20 bits per heavy atom. The molecule has 1 heterocycles. The number of carbonyl (C=O) groups is 2. The maximum atomic E-state index is 13.7. The SMILES string of the molecule is CNC(=O)[C@H]1CCCN(C(=O)c2ccc(O)cc2F)C1. The second-order valence-electron chi connectivity index (χ2n) is 4.87. The van der Waals surface area contributed by atoms with Crippen LogP contribution in [0.1, 0.15) is 23.2 Å². The molecule has 0 unspecified atom stereocenters. The van der Waals surface area contributed by atoms with E-state index < -0.39 is 11.7 Å². The summed E-state index contributed by atoms with van der Waals surface area (Å²) in [5.41, 5.74) is -0.0830.